The maximum absolute atomic E-state index is 10.7. The highest BCUT2D eigenvalue weighted by molar-refractivity contribution is 6.48. The molecule has 1 aromatic heterocycles. The second kappa shape index (κ2) is 6.02. The number of nitrogens with zero attached hydrogens (tertiary/aromatic N) is 2. The maximum atomic E-state index is 10.7. The van der Waals surface area contributed by atoms with Crippen molar-refractivity contribution >= 4 is 12.6 Å². The highest BCUT2D eigenvalue weighted by atomic mass is 16.6. The number of aryl methyl sites for hydroxylation is 1. The summed E-state index contributed by atoms with van der Waals surface area (Å²) in [6.45, 7) is 2.90. The van der Waals surface area contributed by atoms with Gasteiger partial charge in [-0.1, -0.05) is 18.7 Å². The van der Waals surface area contributed by atoms with Gasteiger partial charge in [-0.25, -0.2) is 0 Å². The Labute approximate surface area is 100 Å². The summed E-state index contributed by atoms with van der Waals surface area (Å²) in [4.78, 5) is 14.1. The number of nitro groups is 1. The summed E-state index contributed by atoms with van der Waals surface area (Å²) in [6, 6.07) is 1.41. The summed E-state index contributed by atoms with van der Waals surface area (Å²) in [7, 11) is 0. The lowest BCUT2D eigenvalue weighted by Gasteiger charge is -1.96. The first-order chi connectivity index (χ1) is 8.00. The van der Waals surface area contributed by atoms with E-state index in [4.69, 9.17) is 5.02 Å². The van der Waals surface area contributed by atoms with Crippen molar-refractivity contribution < 1.29 is 9.95 Å². The van der Waals surface area contributed by atoms with Gasteiger partial charge in [0.15, 0.2) is 0 Å². The molecule has 17 heavy (non-hydrogen) atoms. The van der Waals surface area contributed by atoms with Crippen molar-refractivity contribution in [2.24, 2.45) is 0 Å². The topological polar surface area (TPSA) is 76.3 Å². The molecule has 1 rings (SSSR count). The van der Waals surface area contributed by atoms with Crippen molar-refractivity contribution in [3.63, 3.8) is 0 Å². The van der Waals surface area contributed by atoms with E-state index in [1.54, 1.807) is 13.7 Å². The van der Waals surface area contributed by atoms with Gasteiger partial charge in [0.2, 0.25) is 0 Å². The van der Waals surface area contributed by atoms with Crippen LogP contribution in [0.2, 0.25) is 13.1 Å². The smallest absolute Gasteiger partial charge is 0.291 e. The second-order valence-electron chi connectivity index (χ2n) is 3.78. The van der Waals surface area contributed by atoms with Gasteiger partial charge in [-0.05, 0) is 13.2 Å². The van der Waals surface area contributed by atoms with Crippen LogP contribution in [-0.4, -0.2) is 21.8 Å². The lowest BCUT2D eigenvalue weighted by molar-refractivity contribution is -0.385. The predicted octanol–water partition coefficient (Wildman–Crippen LogP) is 1.65. The van der Waals surface area contributed by atoms with Crippen LogP contribution in [0, 0.1) is 28.9 Å². The molecule has 0 amide bonds. The third-order valence-electron chi connectivity index (χ3n) is 2.18. The average molecular weight is 232 g/mol. The molecule has 1 aromatic rings. The molecule has 0 saturated heterocycles. The standard InChI is InChI=1S/C11H13BN2O3/c1-9-11(14(16)17)7-10(8-13-9)5-3-4-6-12(2)15/h7-8,15H,4,6H2,1-2H3. The van der Waals surface area contributed by atoms with E-state index in [0.717, 1.165) is 0 Å². The average Bonchev–Trinajstić information content (AvgIpc) is 2.25. The highest BCUT2D eigenvalue weighted by Crippen LogP contribution is 2.15. The third kappa shape index (κ3) is 4.25. The van der Waals surface area contributed by atoms with Gasteiger partial charge in [-0.2, -0.15) is 0 Å². The molecule has 1 heterocycles. The molecule has 0 atom stereocenters. The molecule has 0 aliphatic carbocycles. The monoisotopic (exact) mass is 232 g/mol. The fourth-order valence-corrected chi connectivity index (χ4v) is 1.22. The minimum atomic E-state index is -0.469. The Bertz CT molecular complexity index is 477. The van der Waals surface area contributed by atoms with Crippen molar-refractivity contribution in [2.45, 2.75) is 26.5 Å². The van der Waals surface area contributed by atoms with Gasteiger partial charge >= 0.3 is 0 Å². The molecule has 5 nitrogen and oxygen atoms in total. The zero-order valence-corrected chi connectivity index (χ0v) is 9.80. The van der Waals surface area contributed by atoms with E-state index in [2.05, 4.69) is 16.8 Å². The molecule has 0 fully saturated rings. The molecule has 0 aromatic carbocycles. The van der Waals surface area contributed by atoms with Gasteiger partial charge in [-0.3, -0.25) is 15.1 Å². The van der Waals surface area contributed by atoms with E-state index in [1.807, 2.05) is 0 Å². The molecule has 1 N–H and O–H groups in total. The van der Waals surface area contributed by atoms with Crippen LogP contribution in [0.3, 0.4) is 0 Å². The van der Waals surface area contributed by atoms with Gasteiger partial charge in [0.05, 0.1) is 4.92 Å². The van der Waals surface area contributed by atoms with Crippen molar-refractivity contribution in [2.75, 3.05) is 0 Å². The molecule has 0 radical (unpaired) electrons. The Morgan fingerprint density at radius 1 is 1.65 bits per heavy atom. The molecule has 6 heteroatoms. The Balaban J connectivity index is 2.79. The summed E-state index contributed by atoms with van der Waals surface area (Å²) in [6.07, 6.45) is 2.66. The Hall–Kier alpha value is -1.87. The normalized spacial score (nSPS) is 9.35. The summed E-state index contributed by atoms with van der Waals surface area (Å²) < 4.78 is 0. The highest BCUT2D eigenvalue weighted by Gasteiger charge is 2.11. The van der Waals surface area contributed by atoms with Gasteiger partial charge < -0.3 is 5.02 Å². The lowest BCUT2D eigenvalue weighted by atomic mass is 9.67. The third-order valence-corrected chi connectivity index (χ3v) is 2.18. The van der Waals surface area contributed by atoms with Gasteiger partial charge in [0.25, 0.3) is 12.6 Å². The molecule has 0 aliphatic rings. The second-order valence-corrected chi connectivity index (χ2v) is 3.78. The van der Waals surface area contributed by atoms with Crippen LogP contribution < -0.4 is 0 Å². The largest absolute Gasteiger partial charge is 0.451 e. The molecule has 0 spiro atoms. The van der Waals surface area contributed by atoms with E-state index in [-0.39, 0.29) is 12.6 Å². The van der Waals surface area contributed by atoms with Crippen LogP contribution in [0.1, 0.15) is 17.7 Å². The van der Waals surface area contributed by atoms with Gasteiger partial charge in [0.1, 0.15) is 5.69 Å². The van der Waals surface area contributed by atoms with Crippen molar-refractivity contribution in [1.82, 2.24) is 4.98 Å². The van der Waals surface area contributed by atoms with Crippen LogP contribution in [0.4, 0.5) is 5.69 Å². The number of rotatable bonds is 3. The van der Waals surface area contributed by atoms with E-state index in [0.29, 0.717) is 24.0 Å². The molecule has 0 saturated carbocycles. The summed E-state index contributed by atoms with van der Waals surface area (Å²) in [5, 5.41) is 19.7. The van der Waals surface area contributed by atoms with E-state index in [9.17, 15) is 10.1 Å². The molecule has 88 valence electrons. The molecular formula is C11H13BN2O3. The molecule has 0 bridgehead atoms. The van der Waals surface area contributed by atoms with Crippen LogP contribution in [0.5, 0.6) is 0 Å². The quantitative estimate of drug-likeness (QED) is 0.372. The zero-order chi connectivity index (χ0) is 12.8. The number of pyridine rings is 1. The fraction of sp³-hybridized carbons (Fsp3) is 0.364. The van der Waals surface area contributed by atoms with Gasteiger partial charge in [0, 0.05) is 24.2 Å². The molecule has 0 unspecified atom stereocenters. The summed E-state index contributed by atoms with van der Waals surface area (Å²) in [5.41, 5.74) is 0.879. The van der Waals surface area contributed by atoms with Crippen molar-refractivity contribution in [3.8, 4) is 11.8 Å². The first-order valence-electron chi connectivity index (χ1n) is 5.28. The van der Waals surface area contributed by atoms with Crippen molar-refractivity contribution in [3.05, 3.63) is 33.6 Å². The zero-order valence-electron chi connectivity index (χ0n) is 9.80. The molecule has 0 aliphatic heterocycles. The fourth-order valence-electron chi connectivity index (χ4n) is 1.22. The number of hydrogen-bond donors (Lipinski definition) is 1. The minimum absolute atomic E-state index is 0.0210. The van der Waals surface area contributed by atoms with E-state index < -0.39 is 4.92 Å². The van der Waals surface area contributed by atoms with Crippen LogP contribution in [0.15, 0.2) is 12.3 Å². The Kier molecular flexibility index (Phi) is 4.67. The summed E-state index contributed by atoms with van der Waals surface area (Å²) in [5.74, 6) is 5.64. The van der Waals surface area contributed by atoms with Crippen LogP contribution in [0.25, 0.3) is 0 Å². The van der Waals surface area contributed by atoms with Crippen LogP contribution in [-0.2, 0) is 0 Å². The Morgan fingerprint density at radius 2 is 2.35 bits per heavy atom. The maximum Gasteiger partial charge on any atom is 0.291 e. The van der Waals surface area contributed by atoms with Gasteiger partial charge in [-0.15, -0.1) is 0 Å². The Morgan fingerprint density at radius 3 is 2.94 bits per heavy atom. The van der Waals surface area contributed by atoms with Crippen molar-refractivity contribution in [1.29, 1.82) is 0 Å². The first-order valence-corrected chi connectivity index (χ1v) is 5.28. The first kappa shape index (κ1) is 13.2. The predicted molar refractivity (Wildman–Crippen MR) is 65.8 cm³/mol. The van der Waals surface area contributed by atoms with Crippen LogP contribution >= 0.6 is 0 Å². The SMILES string of the molecule is CB(O)CCC#Cc1cnc(C)c([N+](=O)[O-])c1. The van der Waals surface area contributed by atoms with E-state index in [1.165, 1.54) is 12.3 Å². The lowest BCUT2D eigenvalue weighted by Crippen LogP contribution is -2.02. The number of aromatic nitrogens is 1. The molecular weight excluding hydrogens is 219 g/mol. The minimum Gasteiger partial charge on any atom is -0.451 e. The summed E-state index contributed by atoms with van der Waals surface area (Å²) >= 11 is 0. The number of hydrogen-bond acceptors (Lipinski definition) is 4. The van der Waals surface area contributed by atoms with E-state index >= 15 is 0 Å².